The van der Waals surface area contributed by atoms with Crippen LogP contribution in [-0.4, -0.2) is 0 Å². The molecule has 0 saturated heterocycles. The second kappa shape index (κ2) is 8.57. The molecule has 0 bridgehead atoms. The van der Waals surface area contributed by atoms with Crippen LogP contribution in [-0.2, 0) is 0 Å². The Morgan fingerprint density at radius 1 is 0.500 bits per heavy atom. The summed E-state index contributed by atoms with van der Waals surface area (Å²) in [6, 6.07) is 13.4. The summed E-state index contributed by atoms with van der Waals surface area (Å²) in [6.07, 6.45) is 0. The van der Waals surface area contributed by atoms with Gasteiger partial charge < -0.3 is 0 Å². The quantitative estimate of drug-likeness (QED) is 0.216. The number of aryl methyl sites for hydroxylation is 1. The van der Waals surface area contributed by atoms with Crippen molar-refractivity contribution in [3.63, 3.8) is 0 Å². The lowest BCUT2D eigenvalue weighted by molar-refractivity contribution is 0.575. The van der Waals surface area contributed by atoms with E-state index in [1.54, 1.807) is 24.3 Å². The smallest absolute Gasteiger partial charge is 0.143 e. The van der Waals surface area contributed by atoms with Crippen molar-refractivity contribution >= 4 is 10.8 Å². The SMILES string of the molecule is Cc1cc(F)c(C#Cc2cc(F)c(C#Cc3ccc4cc(F)ccc4c3)c(F)c2)c(F)c1. The maximum atomic E-state index is 14.4. The van der Waals surface area contributed by atoms with Crippen molar-refractivity contribution in [1.29, 1.82) is 0 Å². The average molecular weight is 432 g/mol. The molecule has 0 fully saturated rings. The number of fused-ring (bicyclic) bond motifs is 1. The second-order valence-corrected chi connectivity index (χ2v) is 7.12. The van der Waals surface area contributed by atoms with Gasteiger partial charge in [-0.15, -0.1) is 0 Å². The first-order valence-electron chi connectivity index (χ1n) is 9.48. The van der Waals surface area contributed by atoms with Crippen LogP contribution >= 0.6 is 0 Å². The Hall–Kier alpha value is -4.09. The summed E-state index contributed by atoms with van der Waals surface area (Å²) in [5.41, 5.74) is -0.127. The first kappa shape index (κ1) is 21.2. The van der Waals surface area contributed by atoms with Gasteiger partial charge in [0, 0.05) is 11.1 Å². The highest BCUT2D eigenvalue weighted by Crippen LogP contribution is 2.19. The molecule has 0 aliphatic carbocycles. The van der Waals surface area contributed by atoms with E-state index in [1.807, 2.05) is 0 Å². The molecule has 0 N–H and O–H groups in total. The zero-order valence-electron chi connectivity index (χ0n) is 16.7. The maximum absolute atomic E-state index is 14.4. The van der Waals surface area contributed by atoms with E-state index in [0.29, 0.717) is 16.5 Å². The lowest BCUT2D eigenvalue weighted by atomic mass is 10.1. The Balaban J connectivity index is 1.65. The summed E-state index contributed by atoms with van der Waals surface area (Å²) in [7, 11) is 0. The van der Waals surface area contributed by atoms with Crippen molar-refractivity contribution in [2.45, 2.75) is 6.92 Å². The van der Waals surface area contributed by atoms with Crippen LogP contribution in [0, 0.1) is 59.7 Å². The molecule has 4 aromatic carbocycles. The van der Waals surface area contributed by atoms with Gasteiger partial charge in [-0.1, -0.05) is 35.8 Å². The summed E-state index contributed by atoms with van der Waals surface area (Å²) >= 11 is 0. The van der Waals surface area contributed by atoms with Crippen LogP contribution < -0.4 is 0 Å². The molecule has 156 valence electrons. The summed E-state index contributed by atoms with van der Waals surface area (Å²) in [5.74, 6) is 5.84. The van der Waals surface area contributed by atoms with Crippen LogP contribution in [0.5, 0.6) is 0 Å². The number of hydrogen-bond acceptors (Lipinski definition) is 0. The molecular formula is C27H13F5. The molecule has 32 heavy (non-hydrogen) atoms. The van der Waals surface area contributed by atoms with Crippen LogP contribution in [0.3, 0.4) is 0 Å². The van der Waals surface area contributed by atoms with Crippen molar-refractivity contribution in [2.75, 3.05) is 0 Å². The summed E-state index contributed by atoms with van der Waals surface area (Å²) in [5, 5.41) is 1.41. The molecule has 0 aliphatic heterocycles. The Morgan fingerprint density at radius 2 is 1.00 bits per heavy atom. The predicted molar refractivity (Wildman–Crippen MR) is 113 cm³/mol. The van der Waals surface area contributed by atoms with Gasteiger partial charge in [-0.3, -0.25) is 0 Å². The van der Waals surface area contributed by atoms with Gasteiger partial charge in [-0.05, 0) is 71.8 Å². The largest absolute Gasteiger partial charge is 0.207 e. The van der Waals surface area contributed by atoms with E-state index < -0.39 is 34.4 Å². The second-order valence-electron chi connectivity index (χ2n) is 7.12. The fourth-order valence-corrected chi connectivity index (χ4v) is 3.15. The standard InChI is InChI=1S/C27H13F5/c1-16-10-24(29)22(25(30)11-16)9-4-18-13-26(31)23(27(32)14-18)8-3-17-2-5-20-15-21(28)7-6-19(20)12-17/h2,5-7,10-15H,1H3. The van der Waals surface area contributed by atoms with Gasteiger partial charge in [0.05, 0.1) is 11.1 Å². The normalized spacial score (nSPS) is 10.3. The van der Waals surface area contributed by atoms with E-state index >= 15 is 0 Å². The number of rotatable bonds is 0. The molecule has 0 amide bonds. The lowest BCUT2D eigenvalue weighted by Crippen LogP contribution is -1.94. The summed E-state index contributed by atoms with van der Waals surface area (Å²) < 4.78 is 69.9. The van der Waals surface area contributed by atoms with Crippen LogP contribution in [0.15, 0.2) is 60.7 Å². The Bertz CT molecular complexity index is 1450. The highest BCUT2D eigenvalue weighted by Gasteiger charge is 2.10. The van der Waals surface area contributed by atoms with Gasteiger partial charge in [0.25, 0.3) is 0 Å². The van der Waals surface area contributed by atoms with E-state index in [4.69, 9.17) is 0 Å². The molecule has 0 unspecified atom stereocenters. The number of halogens is 5. The van der Waals surface area contributed by atoms with Crippen LogP contribution in [0.1, 0.15) is 27.8 Å². The summed E-state index contributed by atoms with van der Waals surface area (Å²) in [6.45, 7) is 1.53. The molecule has 0 heterocycles. The molecule has 5 heteroatoms. The first-order valence-corrected chi connectivity index (χ1v) is 9.48. The highest BCUT2D eigenvalue weighted by molar-refractivity contribution is 5.84. The van der Waals surface area contributed by atoms with Crippen molar-refractivity contribution in [3.05, 3.63) is 118 Å². The van der Waals surface area contributed by atoms with Gasteiger partial charge in [-0.25, -0.2) is 22.0 Å². The fraction of sp³-hybridized carbons (Fsp3) is 0.0370. The zero-order valence-corrected chi connectivity index (χ0v) is 16.7. The van der Waals surface area contributed by atoms with E-state index in [2.05, 4.69) is 23.7 Å². The Labute approximate surface area is 181 Å². The molecule has 0 atom stereocenters. The van der Waals surface area contributed by atoms with Crippen molar-refractivity contribution in [1.82, 2.24) is 0 Å². The van der Waals surface area contributed by atoms with E-state index in [-0.39, 0.29) is 11.4 Å². The fourth-order valence-electron chi connectivity index (χ4n) is 3.15. The van der Waals surface area contributed by atoms with Gasteiger partial charge in [0.1, 0.15) is 29.1 Å². The lowest BCUT2D eigenvalue weighted by Gasteiger charge is -2.01. The molecule has 0 radical (unpaired) electrons. The third-order valence-electron chi connectivity index (χ3n) is 4.69. The van der Waals surface area contributed by atoms with Gasteiger partial charge >= 0.3 is 0 Å². The van der Waals surface area contributed by atoms with Gasteiger partial charge in [-0.2, -0.15) is 0 Å². The van der Waals surface area contributed by atoms with Crippen molar-refractivity contribution in [3.8, 4) is 23.7 Å². The third kappa shape index (κ3) is 4.48. The minimum Gasteiger partial charge on any atom is -0.207 e. The Morgan fingerprint density at radius 3 is 1.62 bits per heavy atom. The summed E-state index contributed by atoms with van der Waals surface area (Å²) in [4.78, 5) is 0. The Kier molecular flexibility index (Phi) is 5.67. The van der Waals surface area contributed by atoms with Gasteiger partial charge in [0.15, 0.2) is 0 Å². The van der Waals surface area contributed by atoms with E-state index in [0.717, 1.165) is 29.7 Å². The molecule has 4 rings (SSSR count). The first-order chi connectivity index (χ1) is 15.3. The zero-order chi connectivity index (χ0) is 22.8. The molecule has 4 aromatic rings. The molecule has 0 nitrogen and oxygen atoms in total. The molecule has 0 spiro atoms. The minimum absolute atomic E-state index is 0.0855. The van der Waals surface area contributed by atoms with Crippen molar-refractivity contribution < 1.29 is 22.0 Å². The minimum atomic E-state index is -0.950. The highest BCUT2D eigenvalue weighted by atomic mass is 19.1. The van der Waals surface area contributed by atoms with E-state index in [9.17, 15) is 22.0 Å². The third-order valence-corrected chi connectivity index (χ3v) is 4.69. The topological polar surface area (TPSA) is 0 Å². The predicted octanol–water partition coefficient (Wildman–Crippen LogP) is 6.64. The van der Waals surface area contributed by atoms with Crippen molar-refractivity contribution in [2.24, 2.45) is 0 Å². The molecule has 0 aliphatic rings. The molecule has 0 aromatic heterocycles. The van der Waals surface area contributed by atoms with Crippen LogP contribution in [0.25, 0.3) is 10.8 Å². The molecular weight excluding hydrogens is 419 g/mol. The van der Waals surface area contributed by atoms with Crippen LogP contribution in [0.4, 0.5) is 22.0 Å². The average Bonchev–Trinajstić information content (AvgIpc) is 2.72. The van der Waals surface area contributed by atoms with Gasteiger partial charge in [0.2, 0.25) is 0 Å². The number of hydrogen-bond donors (Lipinski definition) is 0. The number of benzene rings is 4. The van der Waals surface area contributed by atoms with E-state index in [1.165, 1.54) is 19.1 Å². The molecule has 0 saturated carbocycles. The van der Waals surface area contributed by atoms with Crippen LogP contribution in [0.2, 0.25) is 0 Å². The monoisotopic (exact) mass is 432 g/mol. The maximum Gasteiger partial charge on any atom is 0.143 e.